The van der Waals surface area contributed by atoms with Gasteiger partial charge in [0.1, 0.15) is 0 Å². The minimum atomic E-state index is -0.281. The van der Waals surface area contributed by atoms with Crippen molar-refractivity contribution >= 4 is 16.7 Å². The Morgan fingerprint density at radius 3 is 2.76 bits per heavy atom. The van der Waals surface area contributed by atoms with Crippen molar-refractivity contribution in [2.75, 3.05) is 5.73 Å². The number of aromatic amines is 1. The van der Waals surface area contributed by atoms with Crippen LogP contribution in [-0.4, -0.2) is 19.5 Å². The Labute approximate surface area is 95.7 Å². The molecule has 0 fully saturated rings. The Bertz CT molecular complexity index is 728. The van der Waals surface area contributed by atoms with E-state index in [2.05, 4.69) is 15.0 Å². The largest absolute Gasteiger partial charge is 0.399 e. The number of fused-ring (bicyclic) bond motifs is 1. The highest BCUT2D eigenvalue weighted by molar-refractivity contribution is 5.80. The monoisotopic (exact) mass is 227 g/mol. The number of imidazole rings is 1. The summed E-state index contributed by atoms with van der Waals surface area (Å²) < 4.78 is 1.41. The van der Waals surface area contributed by atoms with Gasteiger partial charge in [-0.3, -0.25) is 0 Å². The second kappa shape index (κ2) is 3.44. The molecule has 0 unspecified atom stereocenters. The Morgan fingerprint density at radius 1 is 1.24 bits per heavy atom. The summed E-state index contributed by atoms with van der Waals surface area (Å²) in [5.41, 5.74) is 7.35. The van der Waals surface area contributed by atoms with Crippen LogP contribution >= 0.6 is 0 Å². The van der Waals surface area contributed by atoms with Crippen molar-refractivity contribution in [1.82, 2.24) is 19.5 Å². The van der Waals surface area contributed by atoms with Crippen LogP contribution in [-0.2, 0) is 0 Å². The van der Waals surface area contributed by atoms with E-state index < -0.39 is 0 Å². The van der Waals surface area contributed by atoms with Gasteiger partial charge in [-0.1, -0.05) is 0 Å². The zero-order valence-corrected chi connectivity index (χ0v) is 8.79. The first-order chi connectivity index (χ1) is 8.25. The van der Waals surface area contributed by atoms with E-state index in [1.807, 2.05) is 0 Å². The Morgan fingerprint density at radius 2 is 2.00 bits per heavy atom. The molecule has 0 radical (unpaired) electrons. The third-order valence-corrected chi connectivity index (χ3v) is 2.46. The van der Waals surface area contributed by atoms with Gasteiger partial charge in [0.2, 0.25) is 5.95 Å². The van der Waals surface area contributed by atoms with Gasteiger partial charge < -0.3 is 10.7 Å². The van der Waals surface area contributed by atoms with E-state index in [1.165, 1.54) is 4.57 Å². The van der Waals surface area contributed by atoms with Gasteiger partial charge in [-0.2, -0.15) is 0 Å². The van der Waals surface area contributed by atoms with E-state index in [0.717, 1.165) is 0 Å². The predicted molar refractivity (Wildman–Crippen MR) is 63.9 cm³/mol. The topological polar surface area (TPSA) is 89.6 Å². The van der Waals surface area contributed by atoms with Crippen LogP contribution in [0, 0.1) is 0 Å². The number of nitrogens with two attached hydrogens (primary N) is 1. The van der Waals surface area contributed by atoms with Crippen molar-refractivity contribution < 1.29 is 0 Å². The van der Waals surface area contributed by atoms with E-state index in [9.17, 15) is 4.79 Å². The molecule has 0 spiro atoms. The summed E-state index contributed by atoms with van der Waals surface area (Å²) in [6.45, 7) is 0. The molecule has 17 heavy (non-hydrogen) atoms. The minimum Gasteiger partial charge on any atom is -0.399 e. The highest BCUT2D eigenvalue weighted by atomic mass is 16.1. The summed E-state index contributed by atoms with van der Waals surface area (Å²) >= 11 is 0. The fourth-order valence-electron chi connectivity index (χ4n) is 1.73. The van der Waals surface area contributed by atoms with Gasteiger partial charge in [0.15, 0.2) is 0 Å². The summed E-state index contributed by atoms with van der Waals surface area (Å²) in [7, 11) is 0. The number of hydrogen-bond acceptors (Lipinski definition) is 4. The van der Waals surface area contributed by atoms with Gasteiger partial charge in [0.05, 0.1) is 11.0 Å². The molecule has 0 amide bonds. The number of anilines is 1. The lowest BCUT2D eigenvalue weighted by Crippen LogP contribution is -2.16. The zero-order chi connectivity index (χ0) is 11.8. The Balaban J connectivity index is 2.37. The minimum absolute atomic E-state index is 0.281. The molecule has 0 aliphatic rings. The molecule has 2 aromatic heterocycles. The molecule has 3 aromatic rings. The number of benzene rings is 1. The van der Waals surface area contributed by atoms with E-state index in [4.69, 9.17) is 5.73 Å². The Kier molecular flexibility index (Phi) is 1.94. The standard InChI is InChI=1S/C11H9N5O/c12-7-2-3-9-8(6-7)15-11(17)16(9)10-13-4-1-5-14-10/h1-6H,12H2,(H,15,17). The fourth-order valence-corrected chi connectivity index (χ4v) is 1.73. The molecule has 3 rings (SSSR count). The molecular weight excluding hydrogens is 218 g/mol. The van der Waals surface area contributed by atoms with Crippen LogP contribution in [0.3, 0.4) is 0 Å². The molecule has 6 nitrogen and oxygen atoms in total. The maximum atomic E-state index is 11.8. The average Bonchev–Trinajstić information content (AvgIpc) is 2.65. The van der Waals surface area contributed by atoms with Gasteiger partial charge >= 0.3 is 5.69 Å². The van der Waals surface area contributed by atoms with Gasteiger partial charge in [0.25, 0.3) is 0 Å². The molecule has 3 N–H and O–H groups in total. The number of rotatable bonds is 1. The first kappa shape index (κ1) is 9.59. The Hall–Kier alpha value is -2.63. The van der Waals surface area contributed by atoms with E-state index in [-0.39, 0.29) is 5.69 Å². The number of H-pyrrole nitrogens is 1. The van der Waals surface area contributed by atoms with E-state index in [0.29, 0.717) is 22.7 Å². The van der Waals surface area contributed by atoms with Crippen LogP contribution in [0.15, 0.2) is 41.5 Å². The van der Waals surface area contributed by atoms with Gasteiger partial charge in [-0.15, -0.1) is 0 Å². The summed E-state index contributed by atoms with van der Waals surface area (Å²) in [5, 5.41) is 0. The number of nitrogens with one attached hydrogen (secondary N) is 1. The highest BCUT2D eigenvalue weighted by Gasteiger charge is 2.10. The maximum absolute atomic E-state index is 11.8. The number of hydrogen-bond donors (Lipinski definition) is 2. The molecule has 0 bridgehead atoms. The van der Waals surface area contributed by atoms with Crippen molar-refractivity contribution in [2.24, 2.45) is 0 Å². The lowest BCUT2D eigenvalue weighted by Gasteiger charge is -2.00. The summed E-state index contributed by atoms with van der Waals surface area (Å²) in [6, 6.07) is 6.89. The third-order valence-electron chi connectivity index (χ3n) is 2.46. The van der Waals surface area contributed by atoms with Crippen molar-refractivity contribution in [3.05, 3.63) is 47.1 Å². The molecule has 2 heterocycles. The third kappa shape index (κ3) is 1.46. The first-order valence-electron chi connectivity index (χ1n) is 5.03. The lowest BCUT2D eigenvalue weighted by atomic mass is 10.3. The second-order valence-corrected chi connectivity index (χ2v) is 3.59. The second-order valence-electron chi connectivity index (χ2n) is 3.59. The smallest absolute Gasteiger partial charge is 0.333 e. The lowest BCUT2D eigenvalue weighted by molar-refractivity contribution is 0.909. The predicted octanol–water partition coefficient (Wildman–Crippen LogP) is 0.691. The quantitative estimate of drug-likeness (QED) is 0.598. The molecule has 0 atom stereocenters. The van der Waals surface area contributed by atoms with Crippen molar-refractivity contribution in [2.45, 2.75) is 0 Å². The van der Waals surface area contributed by atoms with Crippen molar-refractivity contribution in [3.63, 3.8) is 0 Å². The average molecular weight is 227 g/mol. The van der Waals surface area contributed by atoms with Crippen molar-refractivity contribution in [3.8, 4) is 5.95 Å². The van der Waals surface area contributed by atoms with Crippen molar-refractivity contribution in [1.29, 1.82) is 0 Å². The maximum Gasteiger partial charge on any atom is 0.333 e. The molecule has 0 saturated carbocycles. The summed E-state index contributed by atoms with van der Waals surface area (Å²) in [5.74, 6) is 0.341. The van der Waals surface area contributed by atoms with Crippen LogP contribution in [0.5, 0.6) is 0 Å². The van der Waals surface area contributed by atoms with E-state index >= 15 is 0 Å². The molecule has 84 valence electrons. The molecule has 0 aliphatic heterocycles. The zero-order valence-electron chi connectivity index (χ0n) is 8.79. The molecule has 0 saturated heterocycles. The van der Waals surface area contributed by atoms with Crippen LogP contribution in [0.4, 0.5) is 5.69 Å². The highest BCUT2D eigenvalue weighted by Crippen LogP contribution is 2.15. The van der Waals surface area contributed by atoms with Gasteiger partial charge in [-0.25, -0.2) is 19.3 Å². The van der Waals surface area contributed by atoms with Crippen LogP contribution in [0.1, 0.15) is 0 Å². The molecule has 0 aliphatic carbocycles. The number of nitrogen functional groups attached to an aromatic ring is 1. The van der Waals surface area contributed by atoms with E-state index in [1.54, 1.807) is 36.7 Å². The van der Waals surface area contributed by atoms with Gasteiger partial charge in [0, 0.05) is 18.1 Å². The van der Waals surface area contributed by atoms with Gasteiger partial charge in [-0.05, 0) is 24.3 Å². The summed E-state index contributed by atoms with van der Waals surface area (Å²) in [4.78, 5) is 22.7. The van der Waals surface area contributed by atoms with Crippen LogP contribution in [0.2, 0.25) is 0 Å². The first-order valence-corrected chi connectivity index (χ1v) is 5.03. The molecular formula is C11H9N5O. The molecule has 6 heteroatoms. The number of nitrogens with zero attached hydrogens (tertiary/aromatic N) is 3. The number of aromatic nitrogens is 4. The van der Waals surface area contributed by atoms with Crippen LogP contribution in [0.25, 0.3) is 17.0 Å². The molecule has 1 aromatic carbocycles. The normalized spacial score (nSPS) is 10.8. The SMILES string of the molecule is Nc1ccc2c(c1)[nH]c(=O)n2-c1ncccn1. The summed E-state index contributed by atoms with van der Waals surface area (Å²) in [6.07, 6.45) is 3.18. The fraction of sp³-hybridized carbons (Fsp3) is 0. The van der Waals surface area contributed by atoms with Crippen LogP contribution < -0.4 is 11.4 Å².